The molecule has 0 spiro atoms. The van der Waals surface area contributed by atoms with E-state index in [9.17, 15) is 9.18 Å². The fourth-order valence-corrected chi connectivity index (χ4v) is 3.06. The molecular formula is C18H17ClFNO. The van der Waals surface area contributed by atoms with Gasteiger partial charge in [-0.05, 0) is 55.2 Å². The molecule has 0 unspecified atom stereocenters. The Morgan fingerprint density at radius 2 is 1.95 bits per heavy atom. The monoisotopic (exact) mass is 317 g/mol. The number of aryl methyl sites for hydroxylation is 1. The maximum Gasteiger partial charge on any atom is 0.254 e. The zero-order chi connectivity index (χ0) is 15.7. The van der Waals surface area contributed by atoms with Crippen LogP contribution in [-0.4, -0.2) is 17.4 Å². The summed E-state index contributed by atoms with van der Waals surface area (Å²) in [5.41, 5.74) is 2.03. The quantitative estimate of drug-likeness (QED) is 0.781. The average molecular weight is 318 g/mol. The van der Waals surface area contributed by atoms with Crippen LogP contribution in [0.15, 0.2) is 42.5 Å². The van der Waals surface area contributed by atoms with E-state index in [1.54, 1.807) is 19.1 Å². The van der Waals surface area contributed by atoms with Crippen LogP contribution in [0.2, 0.25) is 5.02 Å². The van der Waals surface area contributed by atoms with Crippen LogP contribution in [0.4, 0.5) is 4.39 Å². The van der Waals surface area contributed by atoms with Gasteiger partial charge in [-0.3, -0.25) is 4.79 Å². The minimum Gasteiger partial charge on any atom is -0.332 e. The Kier molecular flexibility index (Phi) is 4.16. The maximum absolute atomic E-state index is 13.7. The van der Waals surface area contributed by atoms with E-state index < -0.39 is 0 Å². The molecule has 1 fully saturated rings. The second-order valence-corrected chi connectivity index (χ2v) is 6.11. The van der Waals surface area contributed by atoms with Crippen LogP contribution < -0.4 is 0 Å². The molecule has 1 amide bonds. The molecule has 3 rings (SSSR count). The number of rotatable bonds is 2. The largest absolute Gasteiger partial charge is 0.332 e. The minimum atomic E-state index is -0.340. The second kappa shape index (κ2) is 6.09. The number of carbonyl (C=O) groups excluding carboxylic acids is 1. The molecule has 1 heterocycles. The van der Waals surface area contributed by atoms with Crippen LogP contribution in [0.3, 0.4) is 0 Å². The Hall–Kier alpha value is -1.87. The number of benzene rings is 2. The van der Waals surface area contributed by atoms with E-state index in [0.29, 0.717) is 22.7 Å². The topological polar surface area (TPSA) is 20.3 Å². The number of halogens is 2. The Morgan fingerprint density at radius 3 is 2.64 bits per heavy atom. The first kappa shape index (κ1) is 15.0. The number of likely N-dealkylation sites (tertiary alicyclic amines) is 1. The van der Waals surface area contributed by atoms with Gasteiger partial charge in [-0.2, -0.15) is 0 Å². The molecule has 0 bridgehead atoms. The van der Waals surface area contributed by atoms with Crippen LogP contribution in [0.25, 0.3) is 0 Å². The van der Waals surface area contributed by atoms with Crippen molar-refractivity contribution in [3.8, 4) is 0 Å². The molecule has 0 aliphatic carbocycles. The summed E-state index contributed by atoms with van der Waals surface area (Å²) in [6, 6.07) is 12.3. The van der Waals surface area contributed by atoms with Gasteiger partial charge in [0.25, 0.3) is 5.91 Å². The van der Waals surface area contributed by atoms with Crippen LogP contribution in [-0.2, 0) is 0 Å². The summed E-state index contributed by atoms with van der Waals surface area (Å²) in [4.78, 5) is 14.5. The highest BCUT2D eigenvalue weighted by Crippen LogP contribution is 2.33. The van der Waals surface area contributed by atoms with Crippen LogP contribution in [0, 0.1) is 12.7 Å². The molecular weight excluding hydrogens is 301 g/mol. The molecule has 1 saturated heterocycles. The molecule has 1 atom stereocenters. The first-order valence-corrected chi connectivity index (χ1v) is 7.76. The Labute approximate surface area is 134 Å². The lowest BCUT2D eigenvalue weighted by Crippen LogP contribution is -2.30. The highest BCUT2D eigenvalue weighted by Gasteiger charge is 2.30. The molecule has 0 radical (unpaired) electrons. The fourth-order valence-electron chi connectivity index (χ4n) is 2.93. The molecule has 1 aliphatic rings. The van der Waals surface area contributed by atoms with Gasteiger partial charge in [0.15, 0.2) is 0 Å². The minimum absolute atomic E-state index is 0.0362. The molecule has 0 saturated carbocycles. The van der Waals surface area contributed by atoms with Gasteiger partial charge in [-0.1, -0.05) is 29.8 Å². The van der Waals surface area contributed by atoms with E-state index in [0.717, 1.165) is 18.4 Å². The van der Waals surface area contributed by atoms with Crippen LogP contribution in [0.1, 0.15) is 40.4 Å². The van der Waals surface area contributed by atoms with Crippen molar-refractivity contribution in [2.75, 3.05) is 6.54 Å². The van der Waals surface area contributed by atoms with E-state index in [4.69, 9.17) is 11.6 Å². The van der Waals surface area contributed by atoms with Crippen molar-refractivity contribution in [1.29, 1.82) is 0 Å². The number of hydrogen-bond acceptors (Lipinski definition) is 1. The van der Waals surface area contributed by atoms with Crippen molar-refractivity contribution in [2.24, 2.45) is 0 Å². The van der Waals surface area contributed by atoms with Gasteiger partial charge in [-0.15, -0.1) is 0 Å². The third kappa shape index (κ3) is 2.86. The maximum atomic E-state index is 13.7. The van der Waals surface area contributed by atoms with Gasteiger partial charge < -0.3 is 4.90 Å². The smallest absolute Gasteiger partial charge is 0.254 e. The lowest BCUT2D eigenvalue weighted by Gasteiger charge is -2.25. The average Bonchev–Trinajstić information content (AvgIpc) is 2.99. The molecule has 114 valence electrons. The molecule has 0 N–H and O–H groups in total. The van der Waals surface area contributed by atoms with Gasteiger partial charge in [0, 0.05) is 17.1 Å². The zero-order valence-electron chi connectivity index (χ0n) is 12.4. The summed E-state index contributed by atoms with van der Waals surface area (Å²) in [6.45, 7) is 2.39. The Bertz CT molecular complexity index is 699. The van der Waals surface area contributed by atoms with Gasteiger partial charge in [0.2, 0.25) is 0 Å². The zero-order valence-corrected chi connectivity index (χ0v) is 13.1. The van der Waals surface area contributed by atoms with Gasteiger partial charge in [0.05, 0.1) is 6.04 Å². The first-order chi connectivity index (χ1) is 10.6. The van der Waals surface area contributed by atoms with Crippen LogP contribution >= 0.6 is 11.6 Å². The molecule has 2 aromatic carbocycles. The third-order valence-corrected chi connectivity index (χ3v) is 4.44. The number of carbonyl (C=O) groups is 1. The van der Waals surface area contributed by atoms with E-state index in [1.807, 2.05) is 29.2 Å². The standard InChI is InChI=1S/C18H17ClFNO/c1-12-4-5-14(11-16(12)20)18(22)21-10-2-3-17(21)13-6-8-15(19)9-7-13/h4-9,11,17H,2-3,10H2,1H3/t17-/m1/s1. The predicted molar refractivity (Wildman–Crippen MR) is 85.6 cm³/mol. The summed E-state index contributed by atoms with van der Waals surface area (Å²) in [6.07, 6.45) is 1.87. The number of nitrogens with zero attached hydrogens (tertiary/aromatic N) is 1. The van der Waals surface area contributed by atoms with Crippen molar-refractivity contribution < 1.29 is 9.18 Å². The van der Waals surface area contributed by atoms with Crippen molar-refractivity contribution >= 4 is 17.5 Å². The van der Waals surface area contributed by atoms with E-state index in [-0.39, 0.29) is 17.8 Å². The lowest BCUT2D eigenvalue weighted by molar-refractivity contribution is 0.0735. The predicted octanol–water partition coefficient (Wildman–Crippen LogP) is 4.76. The van der Waals surface area contributed by atoms with Gasteiger partial charge in [-0.25, -0.2) is 4.39 Å². The summed E-state index contributed by atoms with van der Waals surface area (Å²) >= 11 is 5.92. The van der Waals surface area contributed by atoms with Gasteiger partial charge >= 0.3 is 0 Å². The molecule has 22 heavy (non-hydrogen) atoms. The number of hydrogen-bond donors (Lipinski definition) is 0. The van der Waals surface area contributed by atoms with Crippen molar-refractivity contribution in [1.82, 2.24) is 4.90 Å². The molecule has 2 aromatic rings. The summed E-state index contributed by atoms with van der Waals surface area (Å²) in [7, 11) is 0. The summed E-state index contributed by atoms with van der Waals surface area (Å²) in [5, 5.41) is 0.681. The highest BCUT2D eigenvalue weighted by molar-refractivity contribution is 6.30. The lowest BCUT2D eigenvalue weighted by atomic mass is 10.0. The summed E-state index contributed by atoms with van der Waals surface area (Å²) in [5.74, 6) is -0.454. The normalized spacial score (nSPS) is 17.8. The highest BCUT2D eigenvalue weighted by atomic mass is 35.5. The molecule has 4 heteroatoms. The van der Waals surface area contributed by atoms with E-state index >= 15 is 0 Å². The Balaban J connectivity index is 1.87. The molecule has 2 nitrogen and oxygen atoms in total. The van der Waals surface area contributed by atoms with Crippen molar-refractivity contribution in [2.45, 2.75) is 25.8 Å². The molecule has 1 aliphatic heterocycles. The number of amides is 1. The van der Waals surface area contributed by atoms with Crippen LogP contribution in [0.5, 0.6) is 0 Å². The summed E-state index contributed by atoms with van der Waals surface area (Å²) < 4.78 is 13.7. The molecule has 0 aromatic heterocycles. The SMILES string of the molecule is Cc1ccc(C(=O)N2CCC[C@@H]2c2ccc(Cl)cc2)cc1F. The fraction of sp³-hybridized carbons (Fsp3) is 0.278. The van der Waals surface area contributed by atoms with Crippen molar-refractivity contribution in [3.05, 3.63) is 70.0 Å². The second-order valence-electron chi connectivity index (χ2n) is 5.67. The van der Waals surface area contributed by atoms with Gasteiger partial charge in [0.1, 0.15) is 5.82 Å². The third-order valence-electron chi connectivity index (χ3n) is 4.19. The first-order valence-electron chi connectivity index (χ1n) is 7.39. The van der Waals surface area contributed by atoms with E-state index in [1.165, 1.54) is 6.07 Å². The Morgan fingerprint density at radius 1 is 1.23 bits per heavy atom. The van der Waals surface area contributed by atoms with E-state index in [2.05, 4.69) is 0 Å². The van der Waals surface area contributed by atoms with Crippen molar-refractivity contribution in [3.63, 3.8) is 0 Å².